The van der Waals surface area contributed by atoms with Gasteiger partial charge in [-0.15, -0.1) is 5.10 Å². The minimum atomic E-state index is -0.679. The number of hydrogen-bond acceptors (Lipinski definition) is 6. The molecule has 0 fully saturated rings. The summed E-state index contributed by atoms with van der Waals surface area (Å²) in [6, 6.07) is 12.1. The van der Waals surface area contributed by atoms with Gasteiger partial charge in [0.05, 0.1) is 5.41 Å². The molecule has 1 aliphatic rings. The van der Waals surface area contributed by atoms with Gasteiger partial charge in [0.15, 0.2) is 5.82 Å². The maximum absolute atomic E-state index is 12.8. The number of nitrogens with zero attached hydrogens (tertiary/aromatic N) is 6. The molecule has 0 bridgehead atoms. The molecular formula is C27H35N7O2. The minimum Gasteiger partial charge on any atom is -0.345 e. The van der Waals surface area contributed by atoms with E-state index in [0.29, 0.717) is 17.5 Å². The number of carbonyl (C=O) groups is 2. The van der Waals surface area contributed by atoms with Gasteiger partial charge in [-0.3, -0.25) is 9.59 Å². The lowest BCUT2D eigenvalue weighted by Gasteiger charge is -2.37. The SMILES string of the molecule is CN[C@@H](C)CC1(c2nnnn2C)c2ccc(C(=O)N(C)C)cc2CCc2cc(C(=O)N(C)C)ccc21. The lowest BCUT2D eigenvalue weighted by Crippen LogP contribution is -2.40. The van der Waals surface area contributed by atoms with Gasteiger partial charge in [0, 0.05) is 52.4 Å². The Morgan fingerprint density at radius 1 is 0.972 bits per heavy atom. The molecule has 1 atom stereocenters. The van der Waals surface area contributed by atoms with Gasteiger partial charge >= 0.3 is 0 Å². The average molecular weight is 490 g/mol. The molecule has 9 heteroatoms. The minimum absolute atomic E-state index is 0.0343. The van der Waals surface area contributed by atoms with Crippen LogP contribution in [0.25, 0.3) is 0 Å². The lowest BCUT2D eigenvalue weighted by atomic mass is 9.67. The molecule has 0 unspecified atom stereocenters. The second kappa shape index (κ2) is 9.81. The highest BCUT2D eigenvalue weighted by Crippen LogP contribution is 2.47. The summed E-state index contributed by atoms with van der Waals surface area (Å²) in [4.78, 5) is 28.8. The molecule has 9 nitrogen and oxygen atoms in total. The zero-order valence-electron chi connectivity index (χ0n) is 22.2. The van der Waals surface area contributed by atoms with Crippen LogP contribution in [-0.2, 0) is 25.3 Å². The fraction of sp³-hybridized carbons (Fsp3) is 0.444. The van der Waals surface area contributed by atoms with Crippen LogP contribution in [0.5, 0.6) is 0 Å². The number of fused-ring (bicyclic) bond motifs is 2. The van der Waals surface area contributed by atoms with Gasteiger partial charge in [0.2, 0.25) is 0 Å². The molecule has 2 aromatic carbocycles. The Bertz CT molecular complexity index is 1220. The number of hydrogen-bond donors (Lipinski definition) is 1. The van der Waals surface area contributed by atoms with Crippen molar-refractivity contribution in [3.05, 3.63) is 75.6 Å². The first kappa shape index (κ1) is 25.5. The first-order valence-corrected chi connectivity index (χ1v) is 12.2. The summed E-state index contributed by atoms with van der Waals surface area (Å²) in [6.45, 7) is 2.14. The molecule has 0 aliphatic heterocycles. The standard InChI is InChI=1S/C27H35N7O2/c1-17(28-2)16-27(26-29-30-31-34(26)7)22-12-10-20(24(35)32(3)4)14-18(22)8-9-19-15-21(11-13-23(19)27)25(36)33(5)6/h10-15,17,28H,8-9,16H2,1-7H3/t17-/m0/s1. The van der Waals surface area contributed by atoms with E-state index in [-0.39, 0.29) is 17.9 Å². The molecule has 0 spiro atoms. The Labute approximate surface area is 212 Å². The highest BCUT2D eigenvalue weighted by Gasteiger charge is 2.46. The fourth-order valence-corrected chi connectivity index (χ4v) is 5.34. The monoisotopic (exact) mass is 489 g/mol. The van der Waals surface area contributed by atoms with Crippen molar-refractivity contribution < 1.29 is 9.59 Å². The smallest absolute Gasteiger partial charge is 0.253 e. The van der Waals surface area contributed by atoms with Crippen molar-refractivity contribution >= 4 is 11.8 Å². The Hall–Kier alpha value is -3.59. The van der Waals surface area contributed by atoms with Crippen molar-refractivity contribution in [1.29, 1.82) is 0 Å². The van der Waals surface area contributed by atoms with Gasteiger partial charge in [0.25, 0.3) is 11.8 Å². The Morgan fingerprint density at radius 3 is 1.86 bits per heavy atom. The molecule has 0 radical (unpaired) electrons. The molecule has 2 amide bonds. The topological polar surface area (TPSA) is 96.2 Å². The first-order valence-electron chi connectivity index (χ1n) is 12.2. The summed E-state index contributed by atoms with van der Waals surface area (Å²) in [7, 11) is 10.9. The van der Waals surface area contributed by atoms with Crippen LogP contribution in [0, 0.1) is 0 Å². The predicted molar refractivity (Wildman–Crippen MR) is 138 cm³/mol. The van der Waals surface area contributed by atoms with E-state index in [1.165, 1.54) is 0 Å². The third kappa shape index (κ3) is 4.28. The maximum Gasteiger partial charge on any atom is 0.253 e. The van der Waals surface area contributed by atoms with E-state index in [0.717, 1.165) is 40.9 Å². The molecule has 1 N–H and O–H groups in total. The zero-order chi connectivity index (χ0) is 26.2. The van der Waals surface area contributed by atoms with Gasteiger partial charge < -0.3 is 15.1 Å². The van der Waals surface area contributed by atoms with Crippen molar-refractivity contribution in [3.8, 4) is 0 Å². The Morgan fingerprint density at radius 2 is 1.47 bits per heavy atom. The van der Waals surface area contributed by atoms with Crippen molar-refractivity contribution in [2.45, 2.75) is 37.6 Å². The Kier molecular flexibility index (Phi) is 6.95. The van der Waals surface area contributed by atoms with Gasteiger partial charge in [-0.2, -0.15) is 0 Å². The van der Waals surface area contributed by atoms with Gasteiger partial charge in [0.1, 0.15) is 0 Å². The van der Waals surface area contributed by atoms with E-state index in [1.807, 2.05) is 38.4 Å². The summed E-state index contributed by atoms with van der Waals surface area (Å²) in [5.74, 6) is 0.660. The zero-order valence-corrected chi connectivity index (χ0v) is 22.2. The number of aromatic nitrogens is 4. The summed E-state index contributed by atoms with van der Waals surface area (Å²) < 4.78 is 1.74. The predicted octanol–water partition coefficient (Wildman–Crippen LogP) is 2.04. The quantitative estimate of drug-likeness (QED) is 0.569. The molecule has 190 valence electrons. The van der Waals surface area contributed by atoms with Crippen LogP contribution in [0.3, 0.4) is 0 Å². The molecule has 0 saturated carbocycles. The fourth-order valence-electron chi connectivity index (χ4n) is 5.34. The van der Waals surface area contributed by atoms with Gasteiger partial charge in [-0.25, -0.2) is 4.68 Å². The van der Waals surface area contributed by atoms with Crippen molar-refractivity contribution in [1.82, 2.24) is 35.3 Å². The summed E-state index contributed by atoms with van der Waals surface area (Å²) >= 11 is 0. The number of benzene rings is 2. The van der Waals surface area contributed by atoms with E-state index in [1.54, 1.807) is 42.7 Å². The van der Waals surface area contributed by atoms with Crippen molar-refractivity contribution in [2.24, 2.45) is 7.05 Å². The highest BCUT2D eigenvalue weighted by molar-refractivity contribution is 5.95. The van der Waals surface area contributed by atoms with Gasteiger partial charge in [-0.1, -0.05) is 12.1 Å². The summed E-state index contributed by atoms with van der Waals surface area (Å²) in [5, 5.41) is 16.1. The van der Waals surface area contributed by atoms with Crippen LogP contribution in [0.4, 0.5) is 0 Å². The first-order chi connectivity index (χ1) is 17.1. The highest BCUT2D eigenvalue weighted by atomic mass is 16.2. The second-order valence-corrected chi connectivity index (χ2v) is 10.1. The molecule has 36 heavy (non-hydrogen) atoms. The third-order valence-corrected chi connectivity index (χ3v) is 7.21. The number of aryl methyl sites for hydroxylation is 3. The number of amides is 2. The molecule has 4 rings (SSSR count). The van der Waals surface area contributed by atoms with E-state index < -0.39 is 5.41 Å². The number of carbonyl (C=O) groups excluding carboxylic acids is 2. The van der Waals surface area contributed by atoms with Crippen molar-refractivity contribution in [3.63, 3.8) is 0 Å². The van der Waals surface area contributed by atoms with Gasteiger partial charge in [-0.05, 0) is 90.2 Å². The average Bonchev–Trinajstić information content (AvgIpc) is 3.25. The molecule has 1 aliphatic carbocycles. The number of tetrazole rings is 1. The van der Waals surface area contributed by atoms with Crippen LogP contribution in [0.2, 0.25) is 0 Å². The molecule has 3 aromatic rings. The normalized spacial score (nSPS) is 14.9. The van der Waals surface area contributed by atoms with Crippen LogP contribution in [0.15, 0.2) is 36.4 Å². The summed E-state index contributed by atoms with van der Waals surface area (Å²) in [5.41, 5.74) is 4.98. The van der Waals surface area contributed by atoms with Crippen LogP contribution >= 0.6 is 0 Å². The number of rotatable bonds is 6. The maximum atomic E-state index is 12.8. The second-order valence-electron chi connectivity index (χ2n) is 10.1. The molecule has 1 heterocycles. The van der Waals surface area contributed by atoms with Crippen molar-refractivity contribution in [2.75, 3.05) is 35.2 Å². The largest absolute Gasteiger partial charge is 0.345 e. The number of nitrogens with one attached hydrogen (secondary N) is 1. The molecule has 0 saturated heterocycles. The molecule has 1 aromatic heterocycles. The van der Waals surface area contributed by atoms with Crippen LogP contribution < -0.4 is 5.32 Å². The summed E-state index contributed by atoms with van der Waals surface area (Å²) in [6.07, 6.45) is 2.16. The lowest BCUT2D eigenvalue weighted by molar-refractivity contribution is 0.0820. The van der Waals surface area contributed by atoms with Crippen LogP contribution in [0.1, 0.15) is 62.1 Å². The van der Waals surface area contributed by atoms with E-state index >= 15 is 0 Å². The van der Waals surface area contributed by atoms with Crippen LogP contribution in [-0.4, -0.2) is 83.1 Å². The van der Waals surface area contributed by atoms with E-state index in [2.05, 4.69) is 39.9 Å². The Balaban J connectivity index is 2.04. The van der Waals surface area contributed by atoms with E-state index in [4.69, 9.17) is 0 Å². The molecular weight excluding hydrogens is 454 g/mol. The van der Waals surface area contributed by atoms with E-state index in [9.17, 15) is 9.59 Å². The third-order valence-electron chi connectivity index (χ3n) is 7.21.